The van der Waals surface area contributed by atoms with Crippen molar-refractivity contribution >= 4 is 54.1 Å². The first-order chi connectivity index (χ1) is 5.52. The van der Waals surface area contributed by atoms with Gasteiger partial charge in [0.15, 0.2) is 0 Å². The van der Waals surface area contributed by atoms with Crippen LogP contribution in [0.5, 0.6) is 5.75 Å². The predicted molar refractivity (Wildman–Crippen MR) is 74.9 cm³/mol. The molecular weight excluding hydrogens is 572 g/mol. The molecule has 0 amide bonds. The second kappa shape index (κ2) is 8.41. The van der Waals surface area contributed by atoms with Gasteiger partial charge >= 0.3 is 63.3 Å². The average molecular weight is 580 g/mol. The Kier molecular flexibility index (Phi) is 9.87. The molecule has 0 unspecified atom stereocenters. The van der Waals surface area contributed by atoms with Gasteiger partial charge in [-0.1, -0.05) is 17.7 Å². The van der Waals surface area contributed by atoms with Gasteiger partial charge in [-0.2, -0.15) is 0 Å². The van der Waals surface area contributed by atoms with Crippen LogP contribution in [0.3, 0.4) is 0 Å². The van der Waals surface area contributed by atoms with E-state index >= 15 is 0 Å². The van der Waals surface area contributed by atoms with Crippen molar-refractivity contribution in [3.63, 3.8) is 0 Å². The molecule has 0 radical (unpaired) electrons. The third kappa shape index (κ3) is 10.2. The Morgan fingerprint density at radius 3 is 1.67 bits per heavy atom. The molecule has 1 N–H and O–H groups in total. The van der Waals surface area contributed by atoms with Crippen LogP contribution in [0, 0.1) is 6.92 Å². The van der Waals surface area contributed by atoms with Crippen LogP contribution in [-0.4, -0.2) is 5.11 Å². The standard InChI is InChI=1S/C7H8O.3HI.Zr/c1-6-2-4-7(8)5-3-6;;;;/h2-5,8H,1H3;3*1H;/q;;;;+3/p-3. The van der Waals surface area contributed by atoms with Gasteiger partial charge in [0.05, 0.1) is 0 Å². The van der Waals surface area contributed by atoms with E-state index in [1.807, 2.05) is 19.1 Å². The van der Waals surface area contributed by atoms with Crippen LogP contribution in [-0.2, 0) is 9.18 Å². The van der Waals surface area contributed by atoms with Crippen molar-refractivity contribution < 1.29 is 14.3 Å². The molecule has 0 bridgehead atoms. The van der Waals surface area contributed by atoms with E-state index < -0.39 is 9.18 Å². The maximum absolute atomic E-state index is 8.76. The molecule has 0 atom stereocenters. The number of hydrogen-bond acceptors (Lipinski definition) is 1. The number of aryl methyl sites for hydroxylation is 1. The molecule has 0 heterocycles. The molecule has 1 rings (SSSR count). The summed E-state index contributed by atoms with van der Waals surface area (Å²) >= 11 is 7.54. The third-order valence-corrected chi connectivity index (χ3v) is 1.03. The van der Waals surface area contributed by atoms with Crippen molar-refractivity contribution in [3.8, 4) is 5.75 Å². The van der Waals surface area contributed by atoms with Gasteiger partial charge in [-0.3, -0.25) is 0 Å². The van der Waals surface area contributed by atoms with E-state index in [1.165, 1.54) is 5.56 Å². The Labute approximate surface area is 108 Å². The summed E-state index contributed by atoms with van der Waals surface area (Å²) in [6.45, 7) is 1.99. The fourth-order valence-electron chi connectivity index (χ4n) is 0.545. The minimum atomic E-state index is -0.633. The fraction of sp³-hybridized carbons (Fsp3) is 0.143. The molecule has 0 aliphatic rings. The van der Waals surface area contributed by atoms with Gasteiger partial charge in [-0.25, -0.2) is 0 Å². The van der Waals surface area contributed by atoms with Crippen molar-refractivity contribution in [1.29, 1.82) is 0 Å². The van der Waals surface area contributed by atoms with E-state index in [9.17, 15) is 0 Å². The molecule has 1 aromatic rings. The molecule has 0 aliphatic heterocycles. The van der Waals surface area contributed by atoms with Gasteiger partial charge < -0.3 is 5.11 Å². The zero-order valence-corrected chi connectivity index (χ0v) is 15.3. The van der Waals surface area contributed by atoms with Crippen LogP contribution in [0.1, 0.15) is 5.56 Å². The van der Waals surface area contributed by atoms with Crippen LogP contribution in [0.2, 0.25) is 0 Å². The van der Waals surface area contributed by atoms with Crippen LogP contribution >= 0.6 is 54.1 Å². The third-order valence-electron chi connectivity index (χ3n) is 1.03. The first kappa shape index (κ1) is 14.1. The first-order valence-electron chi connectivity index (χ1n) is 3.11. The maximum atomic E-state index is 8.76. The van der Waals surface area contributed by atoms with Gasteiger partial charge in [0.1, 0.15) is 5.75 Å². The Morgan fingerprint density at radius 2 is 1.42 bits per heavy atom. The summed E-state index contributed by atoms with van der Waals surface area (Å²) in [4.78, 5) is 0. The molecule has 0 spiro atoms. The Hall–Kier alpha value is 2.09. The van der Waals surface area contributed by atoms with Crippen LogP contribution < -0.4 is 0 Å². The van der Waals surface area contributed by atoms with Gasteiger partial charge in [-0.05, 0) is 19.1 Å². The summed E-state index contributed by atoms with van der Waals surface area (Å²) in [5, 5.41) is 8.76. The molecule has 1 aromatic carbocycles. The van der Waals surface area contributed by atoms with E-state index in [4.69, 9.17) is 5.11 Å². The molecule has 0 aliphatic carbocycles. The van der Waals surface area contributed by atoms with Crippen LogP contribution in [0.25, 0.3) is 0 Å². The second-order valence-electron chi connectivity index (χ2n) is 2.05. The molecule has 0 fully saturated rings. The minimum absolute atomic E-state index is 0.329. The van der Waals surface area contributed by atoms with Gasteiger partial charge in [0.25, 0.3) is 0 Å². The van der Waals surface area contributed by atoms with Crippen molar-refractivity contribution in [3.05, 3.63) is 29.8 Å². The number of rotatable bonds is 0. The van der Waals surface area contributed by atoms with E-state index in [0.29, 0.717) is 5.75 Å². The molecule has 0 aromatic heterocycles. The number of phenols is 1. The van der Waals surface area contributed by atoms with E-state index in [1.54, 1.807) is 12.1 Å². The SMILES string of the molecule is Cc1ccc(O)cc1.[I][Zr]([I])[I]. The van der Waals surface area contributed by atoms with Crippen LogP contribution in [0.15, 0.2) is 24.3 Å². The first-order valence-corrected chi connectivity index (χ1v) is 25.0. The number of phenolic OH excluding ortho intramolecular Hbond substituents is 1. The molecule has 0 saturated heterocycles. The van der Waals surface area contributed by atoms with E-state index in [0.717, 1.165) is 0 Å². The quantitative estimate of drug-likeness (QED) is 0.453. The summed E-state index contributed by atoms with van der Waals surface area (Å²) in [6.07, 6.45) is 0. The van der Waals surface area contributed by atoms with Crippen LogP contribution in [0.4, 0.5) is 0 Å². The Balaban J connectivity index is 0.000000261. The van der Waals surface area contributed by atoms with E-state index in [-0.39, 0.29) is 0 Å². The average Bonchev–Trinajstić information content (AvgIpc) is 1.94. The van der Waals surface area contributed by atoms with E-state index in [2.05, 4.69) is 54.1 Å². The molecule has 12 heavy (non-hydrogen) atoms. The molecule has 1 nitrogen and oxygen atoms in total. The second-order valence-corrected chi connectivity index (χ2v) is 58.9. The van der Waals surface area contributed by atoms with Crippen molar-refractivity contribution in [1.82, 2.24) is 0 Å². The summed E-state index contributed by atoms with van der Waals surface area (Å²) in [5.74, 6) is 0.329. The van der Waals surface area contributed by atoms with Gasteiger partial charge in [-0.15, -0.1) is 0 Å². The predicted octanol–water partition coefficient (Wildman–Crippen LogP) is 4.36. The zero-order valence-electron chi connectivity index (χ0n) is 6.39. The van der Waals surface area contributed by atoms with Crippen molar-refractivity contribution in [2.75, 3.05) is 0 Å². The normalized spacial score (nSPS) is 8.33. The van der Waals surface area contributed by atoms with Gasteiger partial charge in [0, 0.05) is 0 Å². The zero-order chi connectivity index (χ0) is 9.56. The van der Waals surface area contributed by atoms with Gasteiger partial charge in [0.2, 0.25) is 0 Å². The number of aromatic hydroxyl groups is 1. The Bertz CT molecular complexity index is 189. The summed E-state index contributed by atoms with van der Waals surface area (Å²) in [5.41, 5.74) is 1.17. The number of halogens is 3. The fourth-order valence-corrected chi connectivity index (χ4v) is 0.545. The molecule has 0 saturated carbocycles. The number of hydrogen-bond donors (Lipinski definition) is 1. The summed E-state index contributed by atoms with van der Waals surface area (Å²) in [6, 6.07) is 7.09. The monoisotopic (exact) mass is 579 g/mol. The van der Waals surface area contributed by atoms with Crippen molar-refractivity contribution in [2.24, 2.45) is 0 Å². The topological polar surface area (TPSA) is 20.2 Å². The molecule has 67 valence electrons. The summed E-state index contributed by atoms with van der Waals surface area (Å²) in [7, 11) is -0.633. The molecular formula is C7H8I3OZr. The summed E-state index contributed by atoms with van der Waals surface area (Å²) < 4.78 is 0. The Morgan fingerprint density at radius 1 is 1.08 bits per heavy atom. The molecule has 5 heteroatoms. The van der Waals surface area contributed by atoms with Crippen molar-refractivity contribution in [2.45, 2.75) is 6.92 Å². The number of benzene rings is 1.